The van der Waals surface area contributed by atoms with Crippen LogP contribution in [0.5, 0.6) is 0 Å². The molecule has 3 heterocycles. The molecule has 1 unspecified atom stereocenters. The van der Waals surface area contributed by atoms with E-state index in [9.17, 15) is 22.8 Å². The van der Waals surface area contributed by atoms with Crippen LogP contribution in [-0.4, -0.2) is 53.1 Å². The predicted molar refractivity (Wildman–Crippen MR) is 118 cm³/mol. The molecule has 32 heavy (non-hydrogen) atoms. The first-order valence-electron chi connectivity index (χ1n) is 10.3. The summed E-state index contributed by atoms with van der Waals surface area (Å²) in [5.41, 5.74) is -1.39. The molecule has 3 fully saturated rings. The number of likely N-dealkylation sites (tertiary alicyclic amines) is 1. The van der Waals surface area contributed by atoms with Crippen molar-refractivity contribution in [2.75, 3.05) is 25.0 Å². The Labute approximate surface area is 195 Å². The van der Waals surface area contributed by atoms with E-state index in [1.807, 2.05) is 22.6 Å². The molecule has 2 aromatic rings. The minimum Gasteiger partial charge on any atom is -0.437 e. The number of halogens is 4. The SMILES string of the molecule is O=C(c1ccc(F)c(F)c1Nc1ccc(I)cc1F)N1CC2(C1)OC(=O)N1CCCCC12. The molecule has 0 aliphatic carbocycles. The van der Waals surface area contributed by atoms with Crippen LogP contribution in [0, 0.1) is 21.0 Å². The van der Waals surface area contributed by atoms with Crippen molar-refractivity contribution in [1.29, 1.82) is 0 Å². The first kappa shape index (κ1) is 21.4. The Morgan fingerprint density at radius 2 is 1.91 bits per heavy atom. The first-order chi connectivity index (χ1) is 15.3. The van der Waals surface area contributed by atoms with Gasteiger partial charge in [0.2, 0.25) is 0 Å². The number of hydrogen-bond donors (Lipinski definition) is 1. The molecule has 3 saturated heterocycles. The number of fused-ring (bicyclic) bond motifs is 2. The van der Waals surface area contributed by atoms with Crippen molar-refractivity contribution in [3.63, 3.8) is 0 Å². The van der Waals surface area contributed by atoms with Gasteiger partial charge in [0.1, 0.15) is 5.82 Å². The lowest BCUT2D eigenvalue weighted by molar-refractivity contribution is -0.0818. The smallest absolute Gasteiger partial charge is 0.410 e. The Hall–Kier alpha value is -2.50. The third kappa shape index (κ3) is 3.39. The van der Waals surface area contributed by atoms with E-state index < -0.39 is 34.6 Å². The molecule has 1 atom stereocenters. The third-order valence-electron chi connectivity index (χ3n) is 6.36. The highest BCUT2D eigenvalue weighted by Gasteiger charge is 2.61. The van der Waals surface area contributed by atoms with Gasteiger partial charge in [0.05, 0.1) is 36.1 Å². The average molecular weight is 557 g/mol. The van der Waals surface area contributed by atoms with Crippen LogP contribution in [0.4, 0.5) is 29.3 Å². The van der Waals surface area contributed by atoms with Gasteiger partial charge in [0, 0.05) is 10.1 Å². The van der Waals surface area contributed by atoms with Crippen LogP contribution in [-0.2, 0) is 4.74 Å². The number of ether oxygens (including phenoxy) is 1. The highest BCUT2D eigenvalue weighted by molar-refractivity contribution is 14.1. The quantitative estimate of drug-likeness (QED) is 0.559. The van der Waals surface area contributed by atoms with Gasteiger partial charge in [-0.15, -0.1) is 0 Å². The van der Waals surface area contributed by atoms with Crippen molar-refractivity contribution < 1.29 is 27.5 Å². The molecular formula is C22H19F3IN3O3. The average Bonchev–Trinajstić information content (AvgIpc) is 3.05. The Bertz CT molecular complexity index is 1120. The molecule has 6 nitrogen and oxygen atoms in total. The summed E-state index contributed by atoms with van der Waals surface area (Å²) in [6.45, 7) is 0.988. The lowest BCUT2D eigenvalue weighted by atomic mass is 9.81. The van der Waals surface area contributed by atoms with Gasteiger partial charge in [-0.05, 0) is 72.2 Å². The van der Waals surface area contributed by atoms with Crippen molar-refractivity contribution in [2.45, 2.75) is 30.9 Å². The Morgan fingerprint density at radius 3 is 2.66 bits per heavy atom. The van der Waals surface area contributed by atoms with Gasteiger partial charge in [-0.1, -0.05) is 0 Å². The maximum Gasteiger partial charge on any atom is 0.410 e. The van der Waals surface area contributed by atoms with Crippen molar-refractivity contribution in [2.24, 2.45) is 0 Å². The Morgan fingerprint density at radius 1 is 1.12 bits per heavy atom. The standard InChI is InChI=1S/C22H19F3IN3O3/c23-14-6-5-13(19(18(14)25)27-16-7-4-12(26)9-15(16)24)20(30)28-10-22(11-28)17-3-1-2-8-29(17)21(31)32-22/h4-7,9,17,27H,1-3,8,10-11H2. The summed E-state index contributed by atoms with van der Waals surface area (Å²) in [7, 11) is 0. The zero-order valence-electron chi connectivity index (χ0n) is 16.8. The molecule has 1 spiro atoms. The third-order valence-corrected chi connectivity index (χ3v) is 7.03. The van der Waals surface area contributed by atoms with Gasteiger partial charge >= 0.3 is 6.09 Å². The number of rotatable bonds is 3. The predicted octanol–water partition coefficient (Wildman–Crippen LogP) is 4.65. The zero-order valence-corrected chi connectivity index (χ0v) is 19.0. The maximum absolute atomic E-state index is 14.7. The van der Waals surface area contributed by atoms with Crippen molar-refractivity contribution in [1.82, 2.24) is 9.80 Å². The maximum atomic E-state index is 14.7. The normalized spacial score (nSPS) is 21.2. The largest absolute Gasteiger partial charge is 0.437 e. The minimum atomic E-state index is -1.27. The van der Waals surface area contributed by atoms with E-state index in [4.69, 9.17) is 4.74 Å². The van der Waals surface area contributed by atoms with E-state index in [0.29, 0.717) is 10.1 Å². The number of hydrogen-bond acceptors (Lipinski definition) is 4. The molecule has 1 N–H and O–H groups in total. The fraction of sp³-hybridized carbons (Fsp3) is 0.364. The van der Waals surface area contributed by atoms with Gasteiger partial charge in [0.15, 0.2) is 17.2 Å². The molecule has 2 aromatic carbocycles. The number of anilines is 2. The molecule has 5 rings (SSSR count). The highest BCUT2D eigenvalue weighted by atomic mass is 127. The van der Waals surface area contributed by atoms with Gasteiger partial charge in [0.25, 0.3) is 5.91 Å². The summed E-state index contributed by atoms with van der Waals surface area (Å²) in [4.78, 5) is 28.5. The Kier molecular flexibility index (Phi) is 5.22. The molecule has 0 bridgehead atoms. The number of nitrogens with zero attached hydrogens (tertiary/aromatic N) is 2. The molecule has 3 aliphatic heterocycles. The number of amides is 2. The van der Waals surface area contributed by atoms with E-state index >= 15 is 0 Å². The summed E-state index contributed by atoms with van der Waals surface area (Å²) >= 11 is 1.93. The summed E-state index contributed by atoms with van der Waals surface area (Å²) in [6, 6.07) is 6.19. The summed E-state index contributed by atoms with van der Waals surface area (Å²) in [5.74, 6) is -3.63. The van der Waals surface area contributed by atoms with Crippen LogP contribution < -0.4 is 5.32 Å². The molecule has 0 aromatic heterocycles. The molecule has 0 radical (unpaired) electrons. The fourth-order valence-corrected chi connectivity index (χ4v) is 5.22. The zero-order chi connectivity index (χ0) is 22.6. The summed E-state index contributed by atoms with van der Waals surface area (Å²) in [5, 5.41) is 2.54. The number of piperidine rings is 1. The van der Waals surface area contributed by atoms with E-state index in [1.165, 1.54) is 23.1 Å². The molecular weight excluding hydrogens is 538 g/mol. The second-order valence-corrected chi connectivity index (χ2v) is 9.58. The lowest BCUT2D eigenvalue weighted by Crippen LogP contribution is -2.69. The van der Waals surface area contributed by atoms with Crippen LogP contribution in [0.3, 0.4) is 0 Å². The van der Waals surface area contributed by atoms with E-state index in [2.05, 4.69) is 5.32 Å². The topological polar surface area (TPSA) is 61.9 Å². The molecule has 168 valence electrons. The van der Waals surface area contributed by atoms with Crippen LogP contribution >= 0.6 is 22.6 Å². The van der Waals surface area contributed by atoms with Crippen LogP contribution in [0.1, 0.15) is 29.6 Å². The second-order valence-electron chi connectivity index (χ2n) is 8.33. The van der Waals surface area contributed by atoms with E-state index in [0.717, 1.165) is 25.3 Å². The monoisotopic (exact) mass is 557 g/mol. The number of benzene rings is 2. The number of carbonyl (C=O) groups is 2. The van der Waals surface area contributed by atoms with Crippen molar-refractivity contribution in [3.05, 3.63) is 56.9 Å². The van der Waals surface area contributed by atoms with Crippen LogP contribution in [0.15, 0.2) is 30.3 Å². The van der Waals surface area contributed by atoms with Crippen molar-refractivity contribution >= 4 is 46.0 Å². The van der Waals surface area contributed by atoms with Gasteiger partial charge in [-0.2, -0.15) is 0 Å². The minimum absolute atomic E-state index is 0.0772. The van der Waals surface area contributed by atoms with Crippen LogP contribution in [0.25, 0.3) is 0 Å². The van der Waals surface area contributed by atoms with Crippen molar-refractivity contribution in [3.8, 4) is 0 Å². The van der Waals surface area contributed by atoms with E-state index in [1.54, 1.807) is 11.0 Å². The van der Waals surface area contributed by atoms with Gasteiger partial charge in [-0.3, -0.25) is 4.79 Å². The van der Waals surface area contributed by atoms with E-state index in [-0.39, 0.29) is 36.5 Å². The Balaban J connectivity index is 1.40. The van der Waals surface area contributed by atoms with Gasteiger partial charge in [-0.25, -0.2) is 18.0 Å². The summed E-state index contributed by atoms with van der Waals surface area (Å²) in [6.07, 6.45) is 2.33. The fourth-order valence-electron chi connectivity index (χ4n) is 4.76. The lowest BCUT2D eigenvalue weighted by Gasteiger charge is -2.50. The second kappa shape index (κ2) is 7.82. The van der Waals surface area contributed by atoms with Gasteiger partial charge < -0.3 is 19.9 Å². The first-order valence-corrected chi connectivity index (χ1v) is 11.4. The number of carbonyl (C=O) groups excluding carboxylic acids is 2. The summed E-state index contributed by atoms with van der Waals surface area (Å²) < 4.78 is 49.2. The molecule has 10 heteroatoms. The van der Waals surface area contributed by atoms with Crippen LogP contribution in [0.2, 0.25) is 0 Å². The molecule has 0 saturated carbocycles. The number of nitrogens with one attached hydrogen (secondary N) is 1. The highest BCUT2D eigenvalue weighted by Crippen LogP contribution is 2.43. The molecule has 2 amide bonds. The molecule has 3 aliphatic rings.